The molecule has 0 aliphatic carbocycles. The number of carbonyl (C=O) groups is 4. The monoisotopic (exact) mass is 340 g/mol. The second kappa shape index (κ2) is 10.4. The number of nitrogens with one attached hydrogen (secondary N) is 3. The van der Waals surface area contributed by atoms with Crippen molar-refractivity contribution in [3.63, 3.8) is 0 Å². The Balaban J connectivity index is 4.59. The van der Waals surface area contributed by atoms with Gasteiger partial charge in [-0.2, -0.15) is 0 Å². The van der Waals surface area contributed by atoms with E-state index < -0.39 is 42.1 Å². The summed E-state index contributed by atoms with van der Waals surface area (Å²) in [5.74, 6) is -2.96. The molecule has 0 aromatic carbocycles. The topological polar surface area (TPSA) is 130 Å². The zero-order valence-electron chi connectivity index (χ0n) is 14.8. The largest absolute Gasteiger partial charge is 0.379 e. The molecule has 0 heterocycles. The normalized spacial score (nSPS) is 12.9. The van der Waals surface area contributed by atoms with Crippen LogP contribution in [0.15, 0.2) is 12.3 Å². The molecule has 2 unspecified atom stereocenters. The van der Waals surface area contributed by atoms with E-state index in [-0.39, 0.29) is 5.92 Å². The summed E-state index contributed by atoms with van der Waals surface area (Å²) in [4.78, 5) is 47.0. The number of primary amides is 1. The first-order valence-electron chi connectivity index (χ1n) is 7.92. The number of rotatable bonds is 11. The van der Waals surface area contributed by atoms with Crippen molar-refractivity contribution in [1.82, 2.24) is 16.0 Å². The molecule has 0 aliphatic heterocycles. The summed E-state index contributed by atoms with van der Waals surface area (Å²) in [6.45, 7) is 10.3. The van der Waals surface area contributed by atoms with E-state index in [0.29, 0.717) is 18.5 Å². The molecule has 2 atom stereocenters. The molecule has 0 aliphatic rings. The molecule has 3 amide bonds. The van der Waals surface area contributed by atoms with Crippen LogP contribution in [0.4, 0.5) is 0 Å². The number of amides is 3. The van der Waals surface area contributed by atoms with Crippen LogP contribution in [-0.4, -0.2) is 42.1 Å². The Kier molecular flexibility index (Phi) is 9.37. The third-order valence-electron chi connectivity index (χ3n) is 3.24. The third-order valence-corrected chi connectivity index (χ3v) is 3.24. The standard InChI is InChI=1S/C16H28N4O4/c1-6-7-11(19-10(4)5)14(22)16(24)18-8-12(21)20-13(9(2)3)15(17)23/h9,11,13,19H,4,6-8H2,1-3,5H3,(H2,17,23)(H,18,24)(H,20,21). The molecule has 0 radical (unpaired) electrons. The van der Waals surface area contributed by atoms with Gasteiger partial charge in [-0.3, -0.25) is 19.2 Å². The minimum atomic E-state index is -0.863. The fraction of sp³-hybridized carbons (Fsp3) is 0.625. The first kappa shape index (κ1) is 21.6. The second-order valence-electron chi connectivity index (χ2n) is 6.00. The molecule has 8 heteroatoms. The number of nitrogens with two attached hydrogens (primary N) is 1. The van der Waals surface area contributed by atoms with Gasteiger partial charge in [0.15, 0.2) is 0 Å². The maximum absolute atomic E-state index is 12.1. The summed E-state index contributed by atoms with van der Waals surface area (Å²) in [7, 11) is 0. The van der Waals surface area contributed by atoms with E-state index >= 15 is 0 Å². The molecule has 0 spiro atoms. The number of Topliss-reactive ketones (excluding diaryl/α,β-unsaturated/α-hetero) is 1. The van der Waals surface area contributed by atoms with Crippen LogP contribution in [0.5, 0.6) is 0 Å². The number of allylic oxidation sites excluding steroid dienone is 1. The molecule has 24 heavy (non-hydrogen) atoms. The SMILES string of the molecule is C=C(C)NC(CCC)C(=O)C(=O)NCC(=O)NC(C(N)=O)C(C)C. The van der Waals surface area contributed by atoms with Crippen LogP contribution < -0.4 is 21.7 Å². The van der Waals surface area contributed by atoms with E-state index in [4.69, 9.17) is 5.73 Å². The van der Waals surface area contributed by atoms with Crippen LogP contribution in [0.1, 0.15) is 40.5 Å². The lowest BCUT2D eigenvalue weighted by Crippen LogP contribution is -2.52. The molecule has 0 saturated carbocycles. The summed E-state index contributed by atoms with van der Waals surface area (Å²) < 4.78 is 0. The van der Waals surface area contributed by atoms with E-state index in [1.165, 1.54) is 0 Å². The van der Waals surface area contributed by atoms with Crippen molar-refractivity contribution < 1.29 is 19.2 Å². The van der Waals surface area contributed by atoms with Gasteiger partial charge in [0.2, 0.25) is 17.6 Å². The average molecular weight is 340 g/mol. The smallest absolute Gasteiger partial charge is 0.290 e. The summed E-state index contributed by atoms with van der Waals surface area (Å²) in [5.41, 5.74) is 5.78. The highest BCUT2D eigenvalue weighted by Crippen LogP contribution is 2.02. The Bertz CT molecular complexity index is 502. The predicted octanol–water partition coefficient (Wildman–Crippen LogP) is -0.410. The van der Waals surface area contributed by atoms with Crippen molar-refractivity contribution in [2.75, 3.05) is 6.54 Å². The van der Waals surface area contributed by atoms with Gasteiger partial charge in [-0.1, -0.05) is 33.8 Å². The van der Waals surface area contributed by atoms with Crippen LogP contribution in [-0.2, 0) is 19.2 Å². The van der Waals surface area contributed by atoms with Crippen LogP contribution >= 0.6 is 0 Å². The molecule has 136 valence electrons. The summed E-state index contributed by atoms with van der Waals surface area (Å²) in [6.07, 6.45) is 1.18. The van der Waals surface area contributed by atoms with Gasteiger partial charge in [0.1, 0.15) is 6.04 Å². The van der Waals surface area contributed by atoms with E-state index in [2.05, 4.69) is 22.5 Å². The van der Waals surface area contributed by atoms with Gasteiger partial charge >= 0.3 is 0 Å². The van der Waals surface area contributed by atoms with Crippen LogP contribution in [0.3, 0.4) is 0 Å². The van der Waals surface area contributed by atoms with Gasteiger partial charge in [-0.15, -0.1) is 0 Å². The van der Waals surface area contributed by atoms with Gasteiger partial charge in [-0.25, -0.2) is 0 Å². The van der Waals surface area contributed by atoms with Crippen molar-refractivity contribution >= 4 is 23.5 Å². The Labute approximate surface area is 142 Å². The molecule has 5 N–H and O–H groups in total. The van der Waals surface area contributed by atoms with E-state index in [1.54, 1.807) is 20.8 Å². The van der Waals surface area contributed by atoms with Gasteiger partial charge in [0, 0.05) is 5.70 Å². The number of hydrogen-bond acceptors (Lipinski definition) is 5. The lowest BCUT2D eigenvalue weighted by atomic mass is 10.0. The van der Waals surface area contributed by atoms with E-state index in [1.807, 2.05) is 6.92 Å². The van der Waals surface area contributed by atoms with Crippen molar-refractivity contribution in [3.8, 4) is 0 Å². The first-order valence-corrected chi connectivity index (χ1v) is 7.92. The van der Waals surface area contributed by atoms with E-state index in [9.17, 15) is 19.2 Å². The predicted molar refractivity (Wildman–Crippen MR) is 90.6 cm³/mol. The zero-order chi connectivity index (χ0) is 18.9. The summed E-state index contributed by atoms with van der Waals surface area (Å²) >= 11 is 0. The molecular formula is C16H28N4O4. The molecule has 0 aromatic heterocycles. The minimum absolute atomic E-state index is 0.183. The maximum Gasteiger partial charge on any atom is 0.290 e. The zero-order valence-corrected chi connectivity index (χ0v) is 14.8. The van der Waals surface area contributed by atoms with Crippen molar-refractivity contribution in [3.05, 3.63) is 12.3 Å². The highest BCUT2D eigenvalue weighted by Gasteiger charge is 2.26. The van der Waals surface area contributed by atoms with Gasteiger partial charge in [0.25, 0.3) is 5.91 Å². The van der Waals surface area contributed by atoms with Gasteiger partial charge < -0.3 is 21.7 Å². The van der Waals surface area contributed by atoms with Gasteiger partial charge in [0.05, 0.1) is 12.6 Å². The van der Waals surface area contributed by atoms with Crippen LogP contribution in [0, 0.1) is 5.92 Å². The minimum Gasteiger partial charge on any atom is -0.379 e. The van der Waals surface area contributed by atoms with Crippen molar-refractivity contribution in [1.29, 1.82) is 0 Å². The molecule has 0 saturated heterocycles. The second-order valence-corrected chi connectivity index (χ2v) is 6.00. The lowest BCUT2D eigenvalue weighted by Gasteiger charge is -2.19. The fourth-order valence-corrected chi connectivity index (χ4v) is 2.05. The van der Waals surface area contributed by atoms with Crippen molar-refractivity contribution in [2.24, 2.45) is 11.7 Å². The van der Waals surface area contributed by atoms with Crippen LogP contribution in [0.2, 0.25) is 0 Å². The molecular weight excluding hydrogens is 312 g/mol. The number of hydrogen-bond donors (Lipinski definition) is 4. The molecule has 8 nitrogen and oxygen atoms in total. The average Bonchev–Trinajstić information content (AvgIpc) is 2.47. The van der Waals surface area contributed by atoms with E-state index in [0.717, 1.165) is 0 Å². The van der Waals surface area contributed by atoms with Crippen molar-refractivity contribution in [2.45, 2.75) is 52.6 Å². The Morgan fingerprint density at radius 3 is 2.12 bits per heavy atom. The van der Waals surface area contributed by atoms with Gasteiger partial charge in [-0.05, 0) is 19.3 Å². The fourth-order valence-electron chi connectivity index (χ4n) is 2.05. The first-order chi connectivity index (χ1) is 11.1. The highest BCUT2D eigenvalue weighted by molar-refractivity contribution is 6.38. The Morgan fingerprint density at radius 1 is 1.12 bits per heavy atom. The lowest BCUT2D eigenvalue weighted by molar-refractivity contribution is -0.139. The number of ketones is 1. The molecule has 0 rings (SSSR count). The summed E-state index contributed by atoms with van der Waals surface area (Å²) in [5, 5.41) is 7.53. The highest BCUT2D eigenvalue weighted by atomic mass is 16.2. The Hall–Kier alpha value is -2.38. The molecule has 0 fully saturated rings. The quantitative estimate of drug-likeness (QED) is 0.380. The number of carbonyl (C=O) groups excluding carboxylic acids is 4. The maximum atomic E-state index is 12.1. The third kappa shape index (κ3) is 7.75. The Morgan fingerprint density at radius 2 is 1.71 bits per heavy atom. The molecule has 0 aromatic rings. The van der Waals surface area contributed by atoms with Crippen LogP contribution in [0.25, 0.3) is 0 Å². The molecule has 0 bridgehead atoms. The summed E-state index contributed by atoms with van der Waals surface area (Å²) in [6, 6.07) is -1.51.